The highest BCUT2D eigenvalue weighted by Crippen LogP contribution is 2.45. The highest BCUT2D eigenvalue weighted by molar-refractivity contribution is 6.33. The Morgan fingerprint density at radius 2 is 1.84 bits per heavy atom. The van der Waals surface area contributed by atoms with Crippen LogP contribution in [-0.2, 0) is 0 Å². The lowest BCUT2D eigenvalue weighted by Gasteiger charge is -2.09. The third-order valence-electron chi connectivity index (χ3n) is 6.35. The molecule has 0 aromatic heterocycles. The Bertz CT molecular complexity index is 1290. The number of fused-ring (bicyclic) bond motifs is 2. The number of halogens is 2. The van der Waals surface area contributed by atoms with Crippen LogP contribution in [0.5, 0.6) is 0 Å². The lowest BCUT2D eigenvalue weighted by molar-refractivity contribution is -0.401. The molecule has 0 fully saturated rings. The van der Waals surface area contributed by atoms with E-state index in [0.717, 1.165) is 41.0 Å². The van der Waals surface area contributed by atoms with Gasteiger partial charge in [0.1, 0.15) is 13.1 Å². The molecule has 0 saturated heterocycles. The molecular weight excluding hydrogens is 439 g/mol. The van der Waals surface area contributed by atoms with Crippen molar-refractivity contribution in [2.45, 2.75) is 38.5 Å². The van der Waals surface area contributed by atoms with Gasteiger partial charge in [-0.1, -0.05) is 43.1 Å². The topological polar surface area (TPSA) is 43.2 Å². The molecule has 160 valence electrons. The van der Waals surface area contributed by atoms with Gasteiger partial charge in [0, 0.05) is 40.0 Å². The summed E-state index contributed by atoms with van der Waals surface area (Å²) < 4.78 is 2.14. The second kappa shape index (κ2) is 8.83. The van der Waals surface area contributed by atoms with E-state index < -0.39 is 0 Å². The van der Waals surface area contributed by atoms with E-state index in [0.29, 0.717) is 21.3 Å². The van der Waals surface area contributed by atoms with E-state index in [-0.39, 0.29) is 11.8 Å². The van der Waals surface area contributed by atoms with Gasteiger partial charge in [0.2, 0.25) is 11.4 Å². The smallest absolute Gasteiger partial charge is 0.210 e. The van der Waals surface area contributed by atoms with Gasteiger partial charge in [-0.2, -0.15) is 9.84 Å². The summed E-state index contributed by atoms with van der Waals surface area (Å²) in [6.07, 6.45) is 8.18. The third-order valence-corrected chi connectivity index (χ3v) is 6.96. The van der Waals surface area contributed by atoms with E-state index in [2.05, 4.69) is 52.9 Å². The molecular formula is C26H23Cl2N4+. The molecule has 6 heteroatoms. The fourth-order valence-electron chi connectivity index (χ4n) is 4.74. The monoisotopic (exact) mass is 461 g/mol. The summed E-state index contributed by atoms with van der Waals surface area (Å²) in [5, 5.41) is 13.8. The first kappa shape index (κ1) is 22.2. The zero-order chi connectivity index (χ0) is 23.0. The number of rotatable bonds is 4. The van der Waals surface area contributed by atoms with Gasteiger partial charge in [0.15, 0.2) is 5.71 Å². The highest BCUT2D eigenvalue weighted by atomic mass is 35.5. The molecule has 0 aliphatic carbocycles. The van der Waals surface area contributed by atoms with E-state index in [1.54, 1.807) is 0 Å². The van der Waals surface area contributed by atoms with E-state index in [1.165, 1.54) is 5.71 Å². The molecule has 2 heterocycles. The van der Waals surface area contributed by atoms with Crippen molar-refractivity contribution in [3.05, 3.63) is 86.3 Å². The summed E-state index contributed by atoms with van der Waals surface area (Å²) in [7, 11) is 2.03. The molecule has 2 aromatic rings. The van der Waals surface area contributed by atoms with Crippen molar-refractivity contribution in [2.75, 3.05) is 12.4 Å². The average molecular weight is 462 g/mol. The van der Waals surface area contributed by atoms with Gasteiger partial charge < -0.3 is 5.32 Å². The predicted molar refractivity (Wildman–Crippen MR) is 132 cm³/mol. The number of nitriles is 1. The van der Waals surface area contributed by atoms with Crippen LogP contribution >= 0.6 is 23.2 Å². The van der Waals surface area contributed by atoms with Gasteiger partial charge in [0.05, 0.1) is 23.1 Å². The number of nitrogens with one attached hydrogen (secondary N) is 1. The first-order chi connectivity index (χ1) is 15.4. The number of allylic oxidation sites excluding steroid dienone is 4. The molecule has 0 saturated carbocycles. The van der Waals surface area contributed by atoms with Crippen molar-refractivity contribution in [3.8, 4) is 6.07 Å². The minimum Gasteiger partial charge on any atom is -0.359 e. The molecule has 4 rings (SSSR count). The SMILES string of the molecule is [C-]#[N+]c1cc2c(cc1Cl)C(CC)C(=CC=CC1=[N+](C)c3cc(C#N)c(Cl)cc3C1CC)N2. The van der Waals surface area contributed by atoms with Crippen molar-refractivity contribution >= 4 is 46.0 Å². The maximum Gasteiger partial charge on any atom is 0.210 e. The lowest BCUT2D eigenvalue weighted by Crippen LogP contribution is -2.11. The van der Waals surface area contributed by atoms with Crippen LogP contribution in [0.25, 0.3) is 4.85 Å². The van der Waals surface area contributed by atoms with Crippen LogP contribution in [0.3, 0.4) is 0 Å². The molecule has 0 bridgehead atoms. The standard InChI is InChI=1S/C26H22Cl2N4/c1-5-16-18-11-21(28)24(30-3)13-23(18)31-22(16)8-7-9-25-17(6-2)19-12-20(27)15(14-29)10-26(19)32(25)4/h7-13,16-17H,5-6H2,1-2,4H3/p+1. The second-order valence-corrected chi connectivity index (χ2v) is 8.83. The fourth-order valence-corrected chi connectivity index (χ4v) is 5.17. The number of nitrogens with zero attached hydrogens (tertiary/aromatic N) is 3. The molecule has 2 aliphatic rings. The molecule has 2 unspecified atom stereocenters. The van der Waals surface area contributed by atoms with Crippen LogP contribution < -0.4 is 5.32 Å². The summed E-state index contributed by atoms with van der Waals surface area (Å²) in [6, 6.07) is 9.72. The summed E-state index contributed by atoms with van der Waals surface area (Å²) in [5.74, 6) is 0.444. The van der Waals surface area contributed by atoms with Crippen LogP contribution in [0.1, 0.15) is 55.2 Å². The van der Waals surface area contributed by atoms with Crippen LogP contribution in [0.2, 0.25) is 10.0 Å². The highest BCUT2D eigenvalue weighted by Gasteiger charge is 2.35. The van der Waals surface area contributed by atoms with Crippen LogP contribution in [0.4, 0.5) is 17.1 Å². The Morgan fingerprint density at radius 1 is 1.12 bits per heavy atom. The van der Waals surface area contributed by atoms with E-state index in [1.807, 2.05) is 31.3 Å². The van der Waals surface area contributed by atoms with Crippen molar-refractivity contribution in [1.29, 1.82) is 5.26 Å². The average Bonchev–Trinajstić information content (AvgIpc) is 3.25. The molecule has 1 N–H and O–H groups in total. The Balaban J connectivity index is 1.66. The maximum absolute atomic E-state index is 9.35. The van der Waals surface area contributed by atoms with Gasteiger partial charge in [-0.15, -0.1) is 0 Å². The third kappa shape index (κ3) is 3.61. The zero-order valence-corrected chi connectivity index (χ0v) is 19.7. The number of hydrogen-bond donors (Lipinski definition) is 1. The fraction of sp³-hybridized carbons (Fsp3) is 0.269. The van der Waals surface area contributed by atoms with Crippen LogP contribution in [0, 0.1) is 17.9 Å². The minimum atomic E-state index is 0.217. The Morgan fingerprint density at radius 3 is 2.50 bits per heavy atom. The summed E-state index contributed by atoms with van der Waals surface area (Å²) in [4.78, 5) is 3.51. The number of benzene rings is 2. The summed E-state index contributed by atoms with van der Waals surface area (Å²) in [5.41, 5.74) is 7.51. The normalized spacial score (nSPS) is 20.3. The molecule has 0 radical (unpaired) electrons. The first-order valence-electron chi connectivity index (χ1n) is 10.6. The summed E-state index contributed by atoms with van der Waals surface area (Å²) >= 11 is 12.6. The Kier molecular flexibility index (Phi) is 6.11. The van der Waals surface area contributed by atoms with Crippen molar-refractivity contribution in [2.24, 2.45) is 0 Å². The quantitative estimate of drug-likeness (QED) is 0.374. The Labute approximate surface area is 198 Å². The molecule has 4 nitrogen and oxygen atoms in total. The largest absolute Gasteiger partial charge is 0.359 e. The molecule has 0 spiro atoms. The van der Waals surface area contributed by atoms with E-state index in [9.17, 15) is 5.26 Å². The molecule has 0 amide bonds. The van der Waals surface area contributed by atoms with Gasteiger partial charge in [-0.25, -0.2) is 4.85 Å². The second-order valence-electron chi connectivity index (χ2n) is 8.02. The zero-order valence-electron chi connectivity index (χ0n) is 18.2. The summed E-state index contributed by atoms with van der Waals surface area (Å²) in [6.45, 7) is 11.6. The van der Waals surface area contributed by atoms with Crippen molar-refractivity contribution in [3.63, 3.8) is 0 Å². The molecule has 32 heavy (non-hydrogen) atoms. The molecule has 2 aromatic carbocycles. The van der Waals surface area contributed by atoms with E-state index >= 15 is 0 Å². The van der Waals surface area contributed by atoms with Crippen LogP contribution in [-0.4, -0.2) is 17.3 Å². The van der Waals surface area contributed by atoms with Gasteiger partial charge >= 0.3 is 0 Å². The Hall–Kier alpha value is -3.05. The molecule has 2 aliphatic heterocycles. The number of anilines is 1. The minimum absolute atomic E-state index is 0.217. The van der Waals surface area contributed by atoms with E-state index in [4.69, 9.17) is 29.8 Å². The van der Waals surface area contributed by atoms with Crippen LogP contribution in [0.15, 0.2) is 48.2 Å². The van der Waals surface area contributed by atoms with Gasteiger partial charge in [0.25, 0.3) is 0 Å². The number of hydrogen-bond acceptors (Lipinski definition) is 2. The maximum atomic E-state index is 9.35. The first-order valence-corrected chi connectivity index (χ1v) is 11.4. The van der Waals surface area contributed by atoms with Gasteiger partial charge in [-0.05, 0) is 42.7 Å². The van der Waals surface area contributed by atoms with Crippen molar-refractivity contribution in [1.82, 2.24) is 0 Å². The predicted octanol–water partition coefficient (Wildman–Crippen LogP) is 7.70. The van der Waals surface area contributed by atoms with Crippen molar-refractivity contribution < 1.29 is 4.58 Å². The lowest BCUT2D eigenvalue weighted by atomic mass is 9.92. The molecule has 2 atom stereocenters. The van der Waals surface area contributed by atoms with Gasteiger partial charge in [-0.3, -0.25) is 0 Å².